The molecule has 3 aromatic rings. The van der Waals surface area contributed by atoms with Crippen molar-refractivity contribution < 1.29 is 9.59 Å². The van der Waals surface area contributed by atoms with Gasteiger partial charge in [0.1, 0.15) is 6.04 Å². The average Bonchev–Trinajstić information content (AvgIpc) is 3.50. The minimum Gasteiger partial charge on any atom is -0.353 e. The predicted octanol–water partition coefficient (Wildman–Crippen LogP) is 2.81. The maximum absolute atomic E-state index is 12.7. The van der Waals surface area contributed by atoms with E-state index in [1.54, 1.807) is 13.0 Å². The van der Waals surface area contributed by atoms with Gasteiger partial charge in [0.25, 0.3) is 5.91 Å². The standard InChI is InChI=1S/C22H27N5O2S/c1-3-26-12-6-7-17(26)14-23-20(28)15(2)24-21(29)16-8-9-18-19(13-16)30-22(25-18)27-10-4-5-11-27/h4-5,8-11,13,15,17H,3,6-7,12,14H2,1-2H3,(H,23,28)(H,24,29)/t15-,17-/m0/s1. The van der Waals surface area contributed by atoms with Crippen LogP contribution in [0.4, 0.5) is 0 Å². The van der Waals surface area contributed by atoms with Gasteiger partial charge in [-0.3, -0.25) is 14.5 Å². The summed E-state index contributed by atoms with van der Waals surface area (Å²) in [6.45, 7) is 6.58. The van der Waals surface area contributed by atoms with Crippen LogP contribution in [0, 0.1) is 0 Å². The summed E-state index contributed by atoms with van der Waals surface area (Å²) in [6, 6.07) is 9.12. The maximum Gasteiger partial charge on any atom is 0.251 e. The van der Waals surface area contributed by atoms with Crippen LogP contribution in [0.15, 0.2) is 42.7 Å². The second-order valence-electron chi connectivity index (χ2n) is 7.63. The third kappa shape index (κ3) is 4.39. The Morgan fingerprint density at radius 2 is 2.10 bits per heavy atom. The molecule has 7 nitrogen and oxygen atoms in total. The summed E-state index contributed by atoms with van der Waals surface area (Å²) in [7, 11) is 0. The van der Waals surface area contributed by atoms with Gasteiger partial charge in [-0.2, -0.15) is 0 Å². The molecule has 0 unspecified atom stereocenters. The number of aromatic nitrogens is 2. The summed E-state index contributed by atoms with van der Waals surface area (Å²) in [4.78, 5) is 32.1. The molecule has 4 rings (SSSR count). The molecule has 158 valence electrons. The zero-order chi connectivity index (χ0) is 21.1. The predicted molar refractivity (Wildman–Crippen MR) is 119 cm³/mol. The number of rotatable bonds is 7. The number of carbonyl (C=O) groups is 2. The van der Waals surface area contributed by atoms with Crippen LogP contribution in [0.1, 0.15) is 37.0 Å². The Hall–Kier alpha value is -2.71. The average molecular weight is 426 g/mol. The van der Waals surface area contributed by atoms with E-state index >= 15 is 0 Å². The highest BCUT2D eigenvalue weighted by molar-refractivity contribution is 7.20. The summed E-state index contributed by atoms with van der Waals surface area (Å²) in [5, 5.41) is 6.65. The fourth-order valence-electron chi connectivity index (χ4n) is 3.89. The Balaban J connectivity index is 1.36. The number of hydrogen-bond acceptors (Lipinski definition) is 5. The van der Waals surface area contributed by atoms with E-state index in [1.165, 1.54) is 17.8 Å². The highest BCUT2D eigenvalue weighted by Crippen LogP contribution is 2.26. The van der Waals surface area contributed by atoms with Crippen molar-refractivity contribution in [3.05, 3.63) is 48.3 Å². The van der Waals surface area contributed by atoms with Gasteiger partial charge in [-0.05, 0) is 63.2 Å². The first-order valence-corrected chi connectivity index (χ1v) is 11.2. The van der Waals surface area contributed by atoms with E-state index in [2.05, 4.69) is 27.4 Å². The first-order chi connectivity index (χ1) is 14.5. The van der Waals surface area contributed by atoms with Crippen LogP contribution in [-0.4, -0.2) is 58.0 Å². The molecule has 8 heteroatoms. The van der Waals surface area contributed by atoms with Crippen molar-refractivity contribution in [3.63, 3.8) is 0 Å². The first-order valence-electron chi connectivity index (χ1n) is 10.4. The SMILES string of the molecule is CCN1CCC[C@H]1CNC(=O)[C@H](C)NC(=O)c1ccc2nc(-n3cccc3)sc2c1. The summed E-state index contributed by atoms with van der Waals surface area (Å²) in [5.41, 5.74) is 1.38. The molecule has 0 bridgehead atoms. The molecule has 0 aliphatic carbocycles. The number of carbonyl (C=O) groups excluding carboxylic acids is 2. The van der Waals surface area contributed by atoms with Gasteiger partial charge in [-0.1, -0.05) is 18.3 Å². The number of thiazole rings is 1. The lowest BCUT2D eigenvalue weighted by Crippen LogP contribution is -2.48. The van der Waals surface area contributed by atoms with E-state index in [1.807, 2.05) is 41.2 Å². The third-order valence-electron chi connectivity index (χ3n) is 5.62. The summed E-state index contributed by atoms with van der Waals surface area (Å²) in [6.07, 6.45) is 6.16. The summed E-state index contributed by atoms with van der Waals surface area (Å²) in [5.74, 6) is -0.411. The molecule has 0 radical (unpaired) electrons. The molecule has 0 spiro atoms. The quantitative estimate of drug-likeness (QED) is 0.610. The molecule has 1 saturated heterocycles. The Labute approximate surface area is 180 Å². The number of benzene rings is 1. The molecule has 30 heavy (non-hydrogen) atoms. The van der Waals surface area contributed by atoms with Crippen LogP contribution in [-0.2, 0) is 4.79 Å². The Morgan fingerprint density at radius 1 is 1.30 bits per heavy atom. The molecular formula is C22H27N5O2S. The number of amides is 2. The lowest BCUT2D eigenvalue weighted by molar-refractivity contribution is -0.122. The molecule has 1 aliphatic rings. The van der Waals surface area contributed by atoms with Crippen molar-refractivity contribution in [2.75, 3.05) is 19.6 Å². The zero-order valence-electron chi connectivity index (χ0n) is 17.3. The normalized spacial score (nSPS) is 17.9. The smallest absolute Gasteiger partial charge is 0.251 e. The van der Waals surface area contributed by atoms with E-state index in [9.17, 15) is 9.59 Å². The van der Waals surface area contributed by atoms with Gasteiger partial charge < -0.3 is 15.2 Å². The van der Waals surface area contributed by atoms with Crippen LogP contribution in [0.3, 0.4) is 0 Å². The van der Waals surface area contributed by atoms with Gasteiger partial charge in [-0.25, -0.2) is 4.98 Å². The number of nitrogens with zero attached hydrogens (tertiary/aromatic N) is 3. The van der Waals surface area contributed by atoms with E-state index in [0.29, 0.717) is 18.2 Å². The monoisotopic (exact) mass is 425 g/mol. The second-order valence-corrected chi connectivity index (χ2v) is 8.64. The van der Waals surface area contributed by atoms with Crippen molar-refractivity contribution in [1.29, 1.82) is 0 Å². The number of nitrogens with one attached hydrogen (secondary N) is 2. The van der Waals surface area contributed by atoms with E-state index in [-0.39, 0.29) is 11.8 Å². The molecule has 0 saturated carbocycles. The van der Waals surface area contributed by atoms with Gasteiger partial charge >= 0.3 is 0 Å². The third-order valence-corrected chi connectivity index (χ3v) is 6.65. The molecule has 2 N–H and O–H groups in total. The lowest BCUT2D eigenvalue weighted by atomic mass is 10.2. The molecule has 1 aromatic carbocycles. The van der Waals surface area contributed by atoms with Crippen molar-refractivity contribution in [2.45, 2.75) is 38.8 Å². The Bertz CT molecular complexity index is 1030. The summed E-state index contributed by atoms with van der Waals surface area (Å²) < 4.78 is 2.88. The molecule has 1 fully saturated rings. The van der Waals surface area contributed by atoms with Crippen molar-refractivity contribution in [3.8, 4) is 5.13 Å². The van der Waals surface area contributed by atoms with Crippen molar-refractivity contribution >= 4 is 33.4 Å². The van der Waals surface area contributed by atoms with Gasteiger partial charge in [0.15, 0.2) is 5.13 Å². The first kappa shape index (κ1) is 20.6. The fraction of sp³-hybridized carbons (Fsp3) is 0.409. The fourth-order valence-corrected chi connectivity index (χ4v) is 4.86. The van der Waals surface area contributed by atoms with Gasteiger partial charge in [0.2, 0.25) is 5.91 Å². The Kier molecular flexibility index (Phi) is 6.15. The summed E-state index contributed by atoms with van der Waals surface area (Å²) >= 11 is 1.52. The molecule has 2 atom stereocenters. The van der Waals surface area contributed by atoms with Crippen molar-refractivity contribution in [2.24, 2.45) is 0 Å². The van der Waals surface area contributed by atoms with Gasteiger partial charge in [0, 0.05) is 30.5 Å². The lowest BCUT2D eigenvalue weighted by Gasteiger charge is -2.23. The Morgan fingerprint density at radius 3 is 2.87 bits per heavy atom. The van der Waals surface area contributed by atoms with E-state index in [0.717, 1.165) is 34.9 Å². The molecule has 1 aliphatic heterocycles. The van der Waals surface area contributed by atoms with Crippen LogP contribution in [0.5, 0.6) is 0 Å². The largest absolute Gasteiger partial charge is 0.353 e. The number of likely N-dealkylation sites (N-methyl/N-ethyl adjacent to an activating group) is 1. The molecule has 2 aromatic heterocycles. The minimum absolute atomic E-state index is 0.153. The number of likely N-dealkylation sites (tertiary alicyclic amines) is 1. The second kappa shape index (κ2) is 8.97. The molecule has 2 amide bonds. The zero-order valence-corrected chi connectivity index (χ0v) is 18.1. The molecular weight excluding hydrogens is 398 g/mol. The number of fused-ring (bicyclic) bond motifs is 1. The van der Waals surface area contributed by atoms with Gasteiger partial charge in [0.05, 0.1) is 10.2 Å². The van der Waals surface area contributed by atoms with Crippen LogP contribution >= 0.6 is 11.3 Å². The van der Waals surface area contributed by atoms with Crippen molar-refractivity contribution in [1.82, 2.24) is 25.1 Å². The highest BCUT2D eigenvalue weighted by Gasteiger charge is 2.24. The van der Waals surface area contributed by atoms with Gasteiger partial charge in [-0.15, -0.1) is 0 Å². The topological polar surface area (TPSA) is 79.3 Å². The minimum atomic E-state index is -0.596. The van der Waals surface area contributed by atoms with E-state index in [4.69, 9.17) is 0 Å². The van der Waals surface area contributed by atoms with Crippen LogP contribution in [0.2, 0.25) is 0 Å². The van der Waals surface area contributed by atoms with Crippen LogP contribution < -0.4 is 10.6 Å². The van der Waals surface area contributed by atoms with E-state index < -0.39 is 6.04 Å². The highest BCUT2D eigenvalue weighted by atomic mass is 32.1. The molecule has 3 heterocycles. The van der Waals surface area contributed by atoms with Crippen LogP contribution in [0.25, 0.3) is 15.3 Å². The maximum atomic E-state index is 12.7. The number of hydrogen-bond donors (Lipinski definition) is 2.